The minimum atomic E-state index is -0.603. The van der Waals surface area contributed by atoms with E-state index in [1.807, 2.05) is 42.5 Å². The molecule has 0 unspecified atom stereocenters. The summed E-state index contributed by atoms with van der Waals surface area (Å²) >= 11 is 7.28. The summed E-state index contributed by atoms with van der Waals surface area (Å²) in [7, 11) is 1.62. The quantitative estimate of drug-likeness (QED) is 0.297. The Hall–Kier alpha value is -2.44. The van der Waals surface area contributed by atoms with E-state index >= 15 is 0 Å². The Morgan fingerprint density at radius 1 is 1.14 bits per heavy atom. The van der Waals surface area contributed by atoms with Crippen LogP contribution in [0.25, 0.3) is 5.52 Å². The van der Waals surface area contributed by atoms with E-state index in [1.54, 1.807) is 20.2 Å². The third kappa shape index (κ3) is 4.95. The largest absolute Gasteiger partial charge is 0.497 e. The van der Waals surface area contributed by atoms with Gasteiger partial charge in [0.1, 0.15) is 11.3 Å². The maximum absolute atomic E-state index is 13.0. The number of thioether (sulfide) groups is 1. The molecule has 2 heterocycles. The highest BCUT2D eigenvalue weighted by Gasteiger charge is 2.20. The summed E-state index contributed by atoms with van der Waals surface area (Å²) in [6.45, 7) is 1.93. The molecular weight excluding hydrogens is 410 g/mol. The SMILES string of the molecule is CCOC(=O)c1c(SCc2ccc(OC)cc2)cc2cc(CCCl)ccn2c1=O. The monoisotopic (exact) mass is 431 g/mol. The molecule has 0 aliphatic carbocycles. The number of aromatic nitrogens is 1. The minimum Gasteiger partial charge on any atom is -0.497 e. The van der Waals surface area contributed by atoms with Gasteiger partial charge in [-0.25, -0.2) is 4.79 Å². The zero-order chi connectivity index (χ0) is 20.8. The molecule has 0 N–H and O–H groups in total. The third-order valence-electron chi connectivity index (χ3n) is 4.42. The molecule has 3 rings (SSSR count). The van der Waals surface area contributed by atoms with Crippen LogP contribution in [0.1, 0.15) is 28.4 Å². The number of aryl methyl sites for hydroxylation is 1. The van der Waals surface area contributed by atoms with Gasteiger partial charge in [0.15, 0.2) is 0 Å². The number of ether oxygens (including phenoxy) is 2. The van der Waals surface area contributed by atoms with Crippen LogP contribution in [0.3, 0.4) is 0 Å². The van der Waals surface area contributed by atoms with Crippen LogP contribution in [0.5, 0.6) is 5.75 Å². The van der Waals surface area contributed by atoms with Gasteiger partial charge in [-0.2, -0.15) is 0 Å². The van der Waals surface area contributed by atoms with Crippen molar-refractivity contribution in [1.82, 2.24) is 4.40 Å². The number of rotatable bonds is 8. The highest BCUT2D eigenvalue weighted by molar-refractivity contribution is 7.98. The van der Waals surface area contributed by atoms with Crippen molar-refractivity contribution in [2.75, 3.05) is 19.6 Å². The lowest BCUT2D eigenvalue weighted by atomic mass is 10.1. The molecule has 0 fully saturated rings. The van der Waals surface area contributed by atoms with Crippen LogP contribution in [0.4, 0.5) is 0 Å². The number of pyridine rings is 2. The molecule has 0 aliphatic rings. The second kappa shape index (κ2) is 9.85. The van der Waals surface area contributed by atoms with Gasteiger partial charge >= 0.3 is 5.97 Å². The van der Waals surface area contributed by atoms with E-state index in [4.69, 9.17) is 21.1 Å². The van der Waals surface area contributed by atoms with Crippen molar-refractivity contribution < 1.29 is 14.3 Å². The first kappa shape index (κ1) is 21.3. The fraction of sp³-hybridized carbons (Fsp3) is 0.273. The van der Waals surface area contributed by atoms with Crippen molar-refractivity contribution in [3.8, 4) is 5.75 Å². The van der Waals surface area contributed by atoms with Crippen LogP contribution >= 0.6 is 23.4 Å². The number of halogens is 1. The Bertz CT molecular complexity index is 1060. The number of fused-ring (bicyclic) bond motifs is 1. The number of carbonyl (C=O) groups excluding carboxylic acids is 1. The lowest BCUT2D eigenvalue weighted by molar-refractivity contribution is 0.0520. The molecule has 5 nitrogen and oxygen atoms in total. The zero-order valence-electron chi connectivity index (χ0n) is 16.3. The second-order valence-corrected chi connectivity index (χ2v) is 7.71. The highest BCUT2D eigenvalue weighted by Crippen LogP contribution is 2.28. The molecule has 29 heavy (non-hydrogen) atoms. The molecule has 7 heteroatoms. The van der Waals surface area contributed by atoms with Crippen molar-refractivity contribution in [3.63, 3.8) is 0 Å². The molecule has 0 saturated carbocycles. The maximum atomic E-state index is 13.0. The summed E-state index contributed by atoms with van der Waals surface area (Å²) in [5, 5.41) is 0. The number of esters is 1. The van der Waals surface area contributed by atoms with Gasteiger partial charge in [0.05, 0.1) is 19.2 Å². The van der Waals surface area contributed by atoms with Crippen LogP contribution in [-0.2, 0) is 16.9 Å². The van der Waals surface area contributed by atoms with E-state index < -0.39 is 5.97 Å². The van der Waals surface area contributed by atoms with Crippen molar-refractivity contribution in [3.05, 3.63) is 75.7 Å². The van der Waals surface area contributed by atoms with Gasteiger partial charge in [0, 0.05) is 22.7 Å². The lowest BCUT2D eigenvalue weighted by Crippen LogP contribution is -2.24. The van der Waals surface area contributed by atoms with E-state index in [9.17, 15) is 9.59 Å². The summed E-state index contributed by atoms with van der Waals surface area (Å²) in [6.07, 6.45) is 2.39. The molecule has 0 spiro atoms. The van der Waals surface area contributed by atoms with Crippen LogP contribution in [0.2, 0.25) is 0 Å². The Morgan fingerprint density at radius 2 is 1.90 bits per heavy atom. The predicted octanol–water partition coefficient (Wildman–Crippen LogP) is 4.56. The van der Waals surface area contributed by atoms with E-state index in [0.29, 0.717) is 22.9 Å². The summed E-state index contributed by atoms with van der Waals surface area (Å²) in [4.78, 5) is 26.2. The summed E-state index contributed by atoms with van der Waals surface area (Å²) < 4.78 is 11.8. The first-order valence-corrected chi connectivity index (χ1v) is 10.8. The number of benzene rings is 1. The average Bonchev–Trinajstić information content (AvgIpc) is 2.73. The first-order chi connectivity index (χ1) is 14.1. The predicted molar refractivity (Wildman–Crippen MR) is 117 cm³/mol. The molecule has 3 aromatic rings. The molecule has 0 atom stereocenters. The number of methoxy groups -OCH3 is 1. The Balaban J connectivity index is 2.01. The summed E-state index contributed by atoms with van der Waals surface area (Å²) in [5.41, 5.74) is 2.50. The van der Waals surface area contributed by atoms with Crippen LogP contribution in [0.15, 0.2) is 58.4 Å². The average molecular weight is 432 g/mol. The van der Waals surface area contributed by atoms with Gasteiger partial charge in [0.2, 0.25) is 0 Å². The molecule has 0 aliphatic heterocycles. The van der Waals surface area contributed by atoms with Gasteiger partial charge in [-0.3, -0.25) is 9.20 Å². The molecule has 0 saturated heterocycles. The zero-order valence-corrected chi connectivity index (χ0v) is 17.9. The third-order valence-corrected chi connectivity index (χ3v) is 5.72. The van der Waals surface area contributed by atoms with Crippen LogP contribution in [0, 0.1) is 0 Å². The molecule has 2 aromatic heterocycles. The number of hydrogen-bond donors (Lipinski definition) is 0. The van der Waals surface area contributed by atoms with Gasteiger partial charge in [-0.05, 0) is 54.8 Å². The summed E-state index contributed by atoms with van der Waals surface area (Å²) in [6, 6.07) is 13.3. The topological polar surface area (TPSA) is 57.0 Å². The van der Waals surface area contributed by atoms with Crippen molar-refractivity contribution in [2.45, 2.75) is 24.0 Å². The van der Waals surface area contributed by atoms with E-state index in [-0.39, 0.29) is 17.7 Å². The number of carbonyl (C=O) groups is 1. The van der Waals surface area contributed by atoms with E-state index in [1.165, 1.54) is 16.2 Å². The Morgan fingerprint density at radius 3 is 2.55 bits per heavy atom. The van der Waals surface area contributed by atoms with Gasteiger partial charge in [0.25, 0.3) is 5.56 Å². The molecular formula is C22H22ClNO4S. The molecule has 0 radical (unpaired) electrons. The van der Waals surface area contributed by atoms with Crippen LogP contribution in [-0.4, -0.2) is 30.0 Å². The number of hydrogen-bond acceptors (Lipinski definition) is 5. The second-order valence-electron chi connectivity index (χ2n) is 6.31. The van der Waals surface area contributed by atoms with Crippen molar-refractivity contribution >= 4 is 34.8 Å². The van der Waals surface area contributed by atoms with Crippen LogP contribution < -0.4 is 10.3 Å². The standard InChI is InChI=1S/C22H22ClNO4S/c1-3-28-22(26)20-19(29-14-16-4-6-18(27-2)7-5-16)13-17-12-15(8-10-23)9-11-24(17)21(20)25/h4-7,9,11-13H,3,8,10,14H2,1-2H3. The number of nitrogens with zero attached hydrogens (tertiary/aromatic N) is 1. The maximum Gasteiger partial charge on any atom is 0.344 e. The molecule has 0 amide bonds. The fourth-order valence-corrected chi connectivity index (χ4v) is 4.20. The fourth-order valence-electron chi connectivity index (χ4n) is 2.94. The summed E-state index contributed by atoms with van der Waals surface area (Å²) in [5.74, 6) is 1.28. The minimum absolute atomic E-state index is 0.0629. The lowest BCUT2D eigenvalue weighted by Gasteiger charge is -2.12. The molecule has 152 valence electrons. The van der Waals surface area contributed by atoms with Gasteiger partial charge in [-0.15, -0.1) is 23.4 Å². The molecule has 1 aromatic carbocycles. The normalized spacial score (nSPS) is 10.9. The van der Waals surface area contributed by atoms with E-state index in [2.05, 4.69) is 0 Å². The van der Waals surface area contributed by atoms with Crippen molar-refractivity contribution in [2.24, 2.45) is 0 Å². The Kier molecular flexibility index (Phi) is 7.23. The van der Waals surface area contributed by atoms with Gasteiger partial charge < -0.3 is 9.47 Å². The van der Waals surface area contributed by atoms with E-state index in [0.717, 1.165) is 22.4 Å². The smallest absolute Gasteiger partial charge is 0.344 e. The van der Waals surface area contributed by atoms with Gasteiger partial charge in [-0.1, -0.05) is 12.1 Å². The molecule has 0 bridgehead atoms. The Labute approximate surface area is 178 Å². The number of alkyl halides is 1. The van der Waals surface area contributed by atoms with Crippen molar-refractivity contribution in [1.29, 1.82) is 0 Å². The highest BCUT2D eigenvalue weighted by atomic mass is 35.5. The first-order valence-electron chi connectivity index (χ1n) is 9.24.